The van der Waals surface area contributed by atoms with Crippen molar-refractivity contribution in [2.75, 3.05) is 6.61 Å². The summed E-state index contributed by atoms with van der Waals surface area (Å²) in [6.07, 6.45) is 3.33. The van der Waals surface area contributed by atoms with Crippen LogP contribution in [0.15, 0.2) is 6.07 Å². The van der Waals surface area contributed by atoms with Gasteiger partial charge < -0.3 is 9.64 Å². The molecule has 2 atom stereocenters. The third-order valence-electron chi connectivity index (χ3n) is 4.03. The highest BCUT2D eigenvalue weighted by Crippen LogP contribution is 2.22. The van der Waals surface area contributed by atoms with Crippen molar-refractivity contribution in [2.45, 2.75) is 59.0 Å². The monoisotopic (exact) mass is 277 g/mol. The zero-order chi connectivity index (χ0) is 14.7. The van der Waals surface area contributed by atoms with Gasteiger partial charge in [-0.25, -0.2) is 0 Å². The summed E-state index contributed by atoms with van der Waals surface area (Å²) in [7, 11) is 0. The Kier molecular flexibility index (Phi) is 4.57. The Morgan fingerprint density at radius 3 is 2.55 bits per heavy atom. The molecule has 2 heterocycles. The van der Waals surface area contributed by atoms with Gasteiger partial charge in [0.15, 0.2) is 6.61 Å². The summed E-state index contributed by atoms with van der Waals surface area (Å²) in [6.45, 7) is 8.08. The molecule has 0 aliphatic carbocycles. The molecule has 1 fully saturated rings. The smallest absolute Gasteiger partial charge is 0.261 e. The standard InChI is InChI=1S/C15H23N3O2/c1-10-8-14(17-16-13(10)4)20-9-15(19)18-11(2)6-5-7-12(18)3/h8,11-12H,5-7,9H2,1-4H3/t11-,12-/m0/s1. The molecule has 1 aromatic heterocycles. The van der Waals surface area contributed by atoms with Crippen LogP contribution in [0.25, 0.3) is 0 Å². The fraction of sp³-hybridized carbons (Fsp3) is 0.667. The molecular weight excluding hydrogens is 254 g/mol. The summed E-state index contributed by atoms with van der Waals surface area (Å²) in [5.41, 5.74) is 1.89. The zero-order valence-corrected chi connectivity index (χ0v) is 12.7. The minimum atomic E-state index is 0.0322. The van der Waals surface area contributed by atoms with Crippen LogP contribution in [-0.4, -0.2) is 39.7 Å². The third kappa shape index (κ3) is 3.26. The Morgan fingerprint density at radius 2 is 1.95 bits per heavy atom. The first kappa shape index (κ1) is 14.8. The van der Waals surface area contributed by atoms with Crippen molar-refractivity contribution in [3.05, 3.63) is 17.3 Å². The second kappa shape index (κ2) is 6.20. The van der Waals surface area contributed by atoms with Gasteiger partial charge in [0, 0.05) is 18.2 Å². The fourth-order valence-corrected chi connectivity index (χ4v) is 2.72. The summed E-state index contributed by atoms with van der Waals surface area (Å²) in [6, 6.07) is 2.40. The molecule has 5 nitrogen and oxygen atoms in total. The highest BCUT2D eigenvalue weighted by Gasteiger charge is 2.29. The van der Waals surface area contributed by atoms with E-state index in [4.69, 9.17) is 4.74 Å². The number of rotatable bonds is 3. The van der Waals surface area contributed by atoms with Crippen molar-refractivity contribution in [2.24, 2.45) is 0 Å². The quantitative estimate of drug-likeness (QED) is 0.850. The maximum Gasteiger partial charge on any atom is 0.261 e. The molecule has 0 bridgehead atoms. The average molecular weight is 277 g/mol. The molecule has 0 unspecified atom stereocenters. The van der Waals surface area contributed by atoms with Crippen molar-refractivity contribution in [1.29, 1.82) is 0 Å². The highest BCUT2D eigenvalue weighted by molar-refractivity contribution is 5.78. The van der Waals surface area contributed by atoms with E-state index in [1.165, 1.54) is 6.42 Å². The molecule has 0 spiro atoms. The number of aromatic nitrogens is 2. The van der Waals surface area contributed by atoms with Crippen LogP contribution < -0.4 is 4.74 Å². The molecule has 0 saturated carbocycles. The van der Waals surface area contributed by atoms with E-state index in [1.807, 2.05) is 24.8 Å². The largest absolute Gasteiger partial charge is 0.466 e. The van der Waals surface area contributed by atoms with E-state index >= 15 is 0 Å². The molecule has 20 heavy (non-hydrogen) atoms. The van der Waals surface area contributed by atoms with E-state index < -0.39 is 0 Å². The van der Waals surface area contributed by atoms with Crippen LogP contribution in [0.1, 0.15) is 44.4 Å². The van der Waals surface area contributed by atoms with E-state index in [2.05, 4.69) is 24.0 Å². The number of hydrogen-bond acceptors (Lipinski definition) is 4. The summed E-state index contributed by atoms with van der Waals surface area (Å²) >= 11 is 0. The number of amides is 1. The van der Waals surface area contributed by atoms with E-state index in [0.717, 1.165) is 24.1 Å². The van der Waals surface area contributed by atoms with Crippen molar-refractivity contribution < 1.29 is 9.53 Å². The summed E-state index contributed by atoms with van der Waals surface area (Å²) in [4.78, 5) is 14.2. The molecule has 1 aliphatic heterocycles. The molecule has 2 rings (SSSR count). The third-order valence-corrected chi connectivity index (χ3v) is 4.03. The number of likely N-dealkylation sites (tertiary alicyclic amines) is 1. The van der Waals surface area contributed by atoms with Gasteiger partial charge in [-0.3, -0.25) is 4.79 Å². The summed E-state index contributed by atoms with van der Waals surface area (Å²) in [5, 5.41) is 7.95. The van der Waals surface area contributed by atoms with Crippen molar-refractivity contribution in [3.8, 4) is 5.88 Å². The predicted molar refractivity (Wildman–Crippen MR) is 76.6 cm³/mol. The minimum absolute atomic E-state index is 0.0322. The second-order valence-electron chi connectivity index (χ2n) is 5.67. The van der Waals surface area contributed by atoms with Crippen LogP contribution in [0, 0.1) is 13.8 Å². The molecule has 110 valence electrons. The molecule has 0 radical (unpaired) electrons. The Bertz CT molecular complexity index is 480. The number of ether oxygens (including phenoxy) is 1. The molecule has 1 aliphatic rings. The maximum absolute atomic E-state index is 12.3. The van der Waals surface area contributed by atoms with Crippen molar-refractivity contribution in [1.82, 2.24) is 15.1 Å². The van der Waals surface area contributed by atoms with Gasteiger partial charge >= 0.3 is 0 Å². The van der Waals surface area contributed by atoms with Crippen LogP contribution in [0.3, 0.4) is 0 Å². The topological polar surface area (TPSA) is 55.3 Å². The molecule has 0 N–H and O–H groups in total. The van der Waals surface area contributed by atoms with E-state index in [0.29, 0.717) is 18.0 Å². The predicted octanol–water partition coefficient (Wildman–Crippen LogP) is 2.26. The molecule has 0 aromatic carbocycles. The maximum atomic E-state index is 12.3. The highest BCUT2D eigenvalue weighted by atomic mass is 16.5. The lowest BCUT2D eigenvalue weighted by molar-refractivity contribution is -0.139. The van der Waals surface area contributed by atoms with Gasteiger partial charge in [-0.05, 0) is 52.5 Å². The first-order valence-electron chi connectivity index (χ1n) is 7.24. The van der Waals surface area contributed by atoms with Gasteiger partial charge in [0.25, 0.3) is 5.91 Å². The van der Waals surface area contributed by atoms with E-state index in [1.54, 1.807) is 0 Å². The van der Waals surface area contributed by atoms with Gasteiger partial charge in [0.2, 0.25) is 5.88 Å². The van der Waals surface area contributed by atoms with Gasteiger partial charge in [-0.15, -0.1) is 5.10 Å². The molecule has 5 heteroatoms. The molecular formula is C15H23N3O2. The Balaban J connectivity index is 1.95. The van der Waals surface area contributed by atoms with E-state index in [-0.39, 0.29) is 12.5 Å². The second-order valence-corrected chi connectivity index (χ2v) is 5.67. The van der Waals surface area contributed by atoms with Gasteiger partial charge in [-0.1, -0.05) is 0 Å². The lowest BCUT2D eigenvalue weighted by atomic mass is 9.97. The summed E-state index contributed by atoms with van der Waals surface area (Å²) < 4.78 is 5.49. The Morgan fingerprint density at radius 1 is 1.30 bits per heavy atom. The SMILES string of the molecule is Cc1cc(OCC(=O)N2[C@@H](C)CCC[C@@H]2C)nnc1C. The minimum Gasteiger partial charge on any atom is -0.466 e. The van der Waals surface area contributed by atoms with Gasteiger partial charge in [-0.2, -0.15) is 5.10 Å². The van der Waals surface area contributed by atoms with Gasteiger partial charge in [0.05, 0.1) is 5.69 Å². The average Bonchev–Trinajstić information content (AvgIpc) is 2.40. The number of carbonyl (C=O) groups excluding carboxylic acids is 1. The molecule has 1 aromatic rings. The lowest BCUT2D eigenvalue weighted by Gasteiger charge is -2.38. The van der Waals surface area contributed by atoms with Crippen molar-refractivity contribution in [3.63, 3.8) is 0 Å². The van der Waals surface area contributed by atoms with Crippen LogP contribution >= 0.6 is 0 Å². The van der Waals surface area contributed by atoms with Crippen LogP contribution in [0.5, 0.6) is 5.88 Å². The molecule has 1 amide bonds. The Hall–Kier alpha value is -1.65. The lowest BCUT2D eigenvalue weighted by Crippen LogP contribution is -2.49. The van der Waals surface area contributed by atoms with Crippen LogP contribution in [0.2, 0.25) is 0 Å². The first-order valence-corrected chi connectivity index (χ1v) is 7.24. The molecule has 1 saturated heterocycles. The number of piperidine rings is 1. The van der Waals surface area contributed by atoms with Crippen LogP contribution in [-0.2, 0) is 4.79 Å². The number of carbonyl (C=O) groups is 1. The summed E-state index contributed by atoms with van der Waals surface area (Å²) in [5.74, 6) is 0.448. The number of hydrogen-bond donors (Lipinski definition) is 0. The zero-order valence-electron chi connectivity index (χ0n) is 12.7. The number of nitrogens with zero attached hydrogens (tertiary/aromatic N) is 3. The van der Waals surface area contributed by atoms with Crippen LogP contribution in [0.4, 0.5) is 0 Å². The Labute approximate surface area is 120 Å². The first-order chi connectivity index (χ1) is 9.49. The number of aryl methyl sites for hydroxylation is 2. The van der Waals surface area contributed by atoms with Crippen molar-refractivity contribution >= 4 is 5.91 Å². The van der Waals surface area contributed by atoms with Gasteiger partial charge in [0.1, 0.15) is 0 Å². The van der Waals surface area contributed by atoms with E-state index in [9.17, 15) is 4.79 Å². The normalized spacial score (nSPS) is 22.7. The fourth-order valence-electron chi connectivity index (χ4n) is 2.72.